The number of amides is 1. The van der Waals surface area contributed by atoms with E-state index in [4.69, 9.17) is 4.52 Å². The Hall–Kier alpha value is -2.64. The minimum atomic E-state index is -0.203. The molecule has 0 spiro atoms. The van der Waals surface area contributed by atoms with E-state index < -0.39 is 0 Å². The van der Waals surface area contributed by atoms with Gasteiger partial charge in [0.2, 0.25) is 17.6 Å². The number of carbonyl (C=O) groups excluding carboxylic acids is 1. The number of benzene rings is 2. The molecule has 0 aliphatic carbocycles. The third-order valence-electron chi connectivity index (χ3n) is 4.39. The minimum Gasteiger partial charge on any atom is -0.338 e. The second kappa shape index (κ2) is 7.94. The van der Waals surface area contributed by atoms with Crippen molar-refractivity contribution in [3.63, 3.8) is 0 Å². The van der Waals surface area contributed by atoms with E-state index in [2.05, 4.69) is 20.8 Å². The van der Waals surface area contributed by atoms with Gasteiger partial charge in [0.25, 0.3) is 0 Å². The highest BCUT2D eigenvalue weighted by Crippen LogP contribution is 2.25. The Morgan fingerprint density at radius 1 is 1.15 bits per heavy atom. The zero-order chi connectivity index (χ0) is 18.6. The fourth-order valence-corrected chi connectivity index (χ4v) is 3.85. The van der Waals surface area contributed by atoms with Crippen LogP contribution < -0.4 is 10.6 Å². The second-order valence-corrected chi connectivity index (χ2v) is 7.56. The van der Waals surface area contributed by atoms with Gasteiger partial charge in [0.1, 0.15) is 5.50 Å². The van der Waals surface area contributed by atoms with Crippen LogP contribution in [0, 0.1) is 6.92 Å². The Morgan fingerprint density at radius 2 is 1.93 bits per heavy atom. The van der Waals surface area contributed by atoms with Crippen molar-refractivity contribution in [1.82, 2.24) is 20.8 Å². The predicted molar refractivity (Wildman–Crippen MR) is 105 cm³/mol. The number of thioether (sulfide) groups is 1. The van der Waals surface area contributed by atoms with E-state index in [1.165, 1.54) is 17.3 Å². The van der Waals surface area contributed by atoms with Crippen molar-refractivity contribution in [2.45, 2.75) is 30.6 Å². The third-order valence-corrected chi connectivity index (χ3v) is 5.39. The van der Waals surface area contributed by atoms with Crippen molar-refractivity contribution in [1.29, 1.82) is 0 Å². The van der Waals surface area contributed by atoms with Gasteiger partial charge in [-0.2, -0.15) is 4.98 Å². The smallest absolute Gasteiger partial charge is 0.237 e. The number of rotatable bonds is 5. The highest BCUT2D eigenvalue weighted by atomic mass is 32.2. The maximum absolute atomic E-state index is 12.1. The molecule has 138 valence electrons. The summed E-state index contributed by atoms with van der Waals surface area (Å²) in [6.07, 6.45) is 0.430. The van der Waals surface area contributed by atoms with Gasteiger partial charge in [0, 0.05) is 18.0 Å². The Balaban J connectivity index is 1.38. The molecule has 1 aliphatic rings. The Morgan fingerprint density at radius 3 is 2.70 bits per heavy atom. The van der Waals surface area contributed by atoms with E-state index in [9.17, 15) is 4.79 Å². The van der Waals surface area contributed by atoms with Crippen LogP contribution in [0.4, 0.5) is 0 Å². The van der Waals surface area contributed by atoms with Gasteiger partial charge >= 0.3 is 0 Å². The summed E-state index contributed by atoms with van der Waals surface area (Å²) in [6.45, 7) is 2.04. The average Bonchev–Trinajstić information content (AvgIpc) is 3.16. The van der Waals surface area contributed by atoms with Gasteiger partial charge in [0.15, 0.2) is 0 Å². The van der Waals surface area contributed by atoms with Crippen molar-refractivity contribution in [3.8, 4) is 11.4 Å². The first-order chi connectivity index (χ1) is 13.2. The molecular weight excluding hydrogens is 360 g/mol. The van der Waals surface area contributed by atoms with Crippen molar-refractivity contribution in [2.24, 2.45) is 0 Å². The number of aryl methyl sites for hydroxylation is 1. The van der Waals surface area contributed by atoms with Crippen LogP contribution in [0.3, 0.4) is 0 Å². The minimum absolute atomic E-state index is 0.00301. The summed E-state index contributed by atoms with van der Waals surface area (Å²) >= 11 is 1.52. The molecule has 3 aromatic rings. The van der Waals surface area contributed by atoms with Gasteiger partial charge in [-0.1, -0.05) is 65.3 Å². The first kappa shape index (κ1) is 17.8. The molecule has 6 nitrogen and oxygen atoms in total. The van der Waals surface area contributed by atoms with E-state index in [0.29, 0.717) is 23.9 Å². The lowest BCUT2D eigenvalue weighted by Crippen LogP contribution is -2.50. The molecule has 7 heteroatoms. The number of aromatic nitrogens is 2. The second-order valence-electron chi connectivity index (χ2n) is 6.47. The third kappa shape index (κ3) is 4.37. The van der Waals surface area contributed by atoms with Gasteiger partial charge in [-0.15, -0.1) is 11.8 Å². The largest absolute Gasteiger partial charge is 0.338 e. The summed E-state index contributed by atoms with van der Waals surface area (Å²) in [5.74, 6) is 1.66. The fourth-order valence-electron chi connectivity index (χ4n) is 2.95. The maximum atomic E-state index is 12.1. The highest BCUT2D eigenvalue weighted by molar-refractivity contribution is 7.99. The Labute approximate surface area is 161 Å². The standard InChI is InChI=1S/C20H20N4O2S/c1-13-7-9-15(10-8-13)19-23-18(26-24-19)12-27-20-21-16(11-17(25)22-20)14-5-3-2-4-6-14/h2-10,16,20-21H,11-12H2,1H3,(H,22,25). The number of hydrogen-bond acceptors (Lipinski definition) is 6. The SMILES string of the molecule is Cc1ccc(-c2noc(CSC3NC(=O)CC(c4ccccc4)N3)n2)cc1. The lowest BCUT2D eigenvalue weighted by molar-refractivity contribution is -0.123. The zero-order valence-electron chi connectivity index (χ0n) is 14.9. The highest BCUT2D eigenvalue weighted by Gasteiger charge is 2.27. The lowest BCUT2D eigenvalue weighted by atomic mass is 10.0. The molecule has 1 saturated heterocycles. The van der Waals surface area contributed by atoms with Crippen molar-refractivity contribution in [2.75, 3.05) is 0 Å². The van der Waals surface area contributed by atoms with Crippen LogP contribution in [0.15, 0.2) is 59.1 Å². The first-order valence-electron chi connectivity index (χ1n) is 8.79. The molecule has 2 unspecified atom stereocenters. The van der Waals surface area contributed by atoms with Crippen LogP contribution in [0.25, 0.3) is 11.4 Å². The van der Waals surface area contributed by atoms with Crippen molar-refractivity contribution >= 4 is 17.7 Å². The van der Waals surface area contributed by atoms with Crippen LogP contribution in [0.5, 0.6) is 0 Å². The molecule has 0 radical (unpaired) electrons. The quantitative estimate of drug-likeness (QED) is 0.706. The average molecular weight is 380 g/mol. The predicted octanol–water partition coefficient (Wildman–Crippen LogP) is 3.41. The van der Waals surface area contributed by atoms with Gasteiger partial charge in [0.05, 0.1) is 5.75 Å². The summed E-state index contributed by atoms with van der Waals surface area (Å²) in [7, 11) is 0. The molecule has 2 aromatic carbocycles. The Kier molecular flexibility index (Phi) is 5.22. The monoisotopic (exact) mass is 380 g/mol. The molecular formula is C20H20N4O2S. The summed E-state index contributed by atoms with van der Waals surface area (Å²) in [6, 6.07) is 18.0. The molecule has 1 amide bonds. The van der Waals surface area contributed by atoms with Crippen LogP contribution in [0.2, 0.25) is 0 Å². The maximum Gasteiger partial charge on any atom is 0.237 e. The van der Waals surface area contributed by atoms with Crippen LogP contribution in [-0.2, 0) is 10.5 Å². The van der Waals surface area contributed by atoms with Crippen LogP contribution in [-0.4, -0.2) is 21.5 Å². The lowest BCUT2D eigenvalue weighted by Gasteiger charge is -2.31. The molecule has 2 heterocycles. The molecule has 2 atom stereocenters. The van der Waals surface area contributed by atoms with Gasteiger partial charge in [-0.3, -0.25) is 10.1 Å². The zero-order valence-corrected chi connectivity index (χ0v) is 15.7. The van der Waals surface area contributed by atoms with E-state index >= 15 is 0 Å². The van der Waals surface area contributed by atoms with Crippen molar-refractivity contribution < 1.29 is 9.32 Å². The van der Waals surface area contributed by atoms with Gasteiger partial charge in [-0.25, -0.2) is 0 Å². The number of hydrogen-bond donors (Lipinski definition) is 2. The molecule has 1 fully saturated rings. The van der Waals surface area contributed by atoms with Crippen molar-refractivity contribution in [3.05, 3.63) is 71.6 Å². The topological polar surface area (TPSA) is 80.0 Å². The molecule has 1 aromatic heterocycles. The normalized spacial score (nSPS) is 19.7. The summed E-state index contributed by atoms with van der Waals surface area (Å²) in [5.41, 5.74) is 3.02. The van der Waals surface area contributed by atoms with Crippen LogP contribution >= 0.6 is 11.8 Å². The first-order valence-corrected chi connectivity index (χ1v) is 9.84. The molecule has 0 saturated carbocycles. The van der Waals surface area contributed by atoms with E-state index in [-0.39, 0.29) is 17.4 Å². The number of carbonyl (C=O) groups is 1. The van der Waals surface area contributed by atoms with Gasteiger partial charge in [-0.05, 0) is 12.5 Å². The van der Waals surface area contributed by atoms with Gasteiger partial charge < -0.3 is 9.84 Å². The summed E-state index contributed by atoms with van der Waals surface area (Å²) in [4.78, 5) is 16.5. The molecule has 1 aliphatic heterocycles. The van der Waals surface area contributed by atoms with Crippen LogP contribution in [0.1, 0.15) is 29.5 Å². The Bertz CT molecular complexity index is 911. The van der Waals surface area contributed by atoms with E-state index in [1.807, 2.05) is 61.5 Å². The summed E-state index contributed by atoms with van der Waals surface area (Å²) in [5, 5.41) is 10.5. The van der Waals surface area contributed by atoms with E-state index in [1.54, 1.807) is 0 Å². The number of nitrogens with one attached hydrogen (secondary N) is 2. The molecule has 0 bridgehead atoms. The molecule has 27 heavy (non-hydrogen) atoms. The number of nitrogens with zero attached hydrogens (tertiary/aromatic N) is 2. The molecule has 2 N–H and O–H groups in total. The summed E-state index contributed by atoms with van der Waals surface area (Å²) < 4.78 is 5.36. The van der Waals surface area contributed by atoms with E-state index in [0.717, 1.165) is 11.1 Å². The fraction of sp³-hybridized carbons (Fsp3) is 0.250. The molecule has 4 rings (SSSR count).